The Morgan fingerprint density at radius 2 is 1.78 bits per heavy atom. The third-order valence-corrected chi connectivity index (χ3v) is 3.66. The van der Waals surface area contributed by atoms with Gasteiger partial charge in [0.15, 0.2) is 0 Å². The van der Waals surface area contributed by atoms with Gasteiger partial charge >= 0.3 is 5.97 Å². The first kappa shape index (κ1) is 15.0. The number of hydrogen-bond acceptors (Lipinski definition) is 5. The number of hydrazine groups is 1. The van der Waals surface area contributed by atoms with Crippen LogP contribution in [0.2, 0.25) is 0 Å². The molecule has 118 valence electrons. The summed E-state index contributed by atoms with van der Waals surface area (Å²) in [6, 6.07) is 15.8. The van der Waals surface area contributed by atoms with Crippen LogP contribution >= 0.6 is 0 Å². The molecule has 1 aliphatic rings. The van der Waals surface area contributed by atoms with Gasteiger partial charge in [0.2, 0.25) is 0 Å². The minimum Gasteiger partial charge on any atom is -0.497 e. The van der Waals surface area contributed by atoms with Crippen molar-refractivity contribution in [2.45, 2.75) is 0 Å². The number of ether oxygens (including phenoxy) is 2. The van der Waals surface area contributed by atoms with Gasteiger partial charge in [-0.15, -0.1) is 0 Å². The smallest absolute Gasteiger partial charge is 0.330 e. The van der Waals surface area contributed by atoms with E-state index in [-0.39, 0.29) is 5.97 Å². The minimum atomic E-state index is -0.363. The van der Waals surface area contributed by atoms with Crippen LogP contribution in [-0.4, -0.2) is 26.9 Å². The molecule has 1 saturated heterocycles. The highest BCUT2D eigenvalue weighted by Crippen LogP contribution is 2.35. The molecule has 0 aromatic heterocycles. The molecule has 2 aromatic rings. The summed E-state index contributed by atoms with van der Waals surface area (Å²) in [6.45, 7) is 0.801. The molecule has 0 spiro atoms. The number of carbonyl (C=O) groups is 1. The Labute approximate surface area is 135 Å². The second-order valence-corrected chi connectivity index (χ2v) is 5.05. The van der Waals surface area contributed by atoms with Gasteiger partial charge in [-0.05, 0) is 42.0 Å². The summed E-state index contributed by atoms with van der Waals surface area (Å²) in [6.07, 6.45) is 3.20. The summed E-state index contributed by atoms with van der Waals surface area (Å²) >= 11 is 0. The van der Waals surface area contributed by atoms with Crippen molar-refractivity contribution in [1.82, 2.24) is 0 Å². The molecule has 0 unspecified atom stereocenters. The lowest BCUT2D eigenvalue weighted by molar-refractivity contribution is -0.134. The van der Waals surface area contributed by atoms with Gasteiger partial charge in [-0.2, -0.15) is 0 Å². The van der Waals surface area contributed by atoms with Crippen molar-refractivity contribution in [2.75, 3.05) is 30.9 Å². The normalized spacial score (nSPS) is 13.3. The van der Waals surface area contributed by atoms with E-state index in [0.717, 1.165) is 29.4 Å². The van der Waals surface area contributed by atoms with Crippen LogP contribution in [0.4, 0.5) is 11.4 Å². The fourth-order valence-corrected chi connectivity index (χ4v) is 2.37. The van der Waals surface area contributed by atoms with Gasteiger partial charge in [-0.3, -0.25) is 10.0 Å². The molecular formula is C18H18N2O3. The lowest BCUT2D eigenvalue weighted by Crippen LogP contribution is -2.05. The highest BCUT2D eigenvalue weighted by Gasteiger charge is 2.32. The predicted molar refractivity (Wildman–Crippen MR) is 90.3 cm³/mol. The molecule has 23 heavy (non-hydrogen) atoms. The molecule has 5 nitrogen and oxygen atoms in total. The van der Waals surface area contributed by atoms with Crippen molar-refractivity contribution in [1.29, 1.82) is 0 Å². The molecule has 2 aromatic carbocycles. The molecule has 0 bridgehead atoms. The second-order valence-electron chi connectivity index (χ2n) is 5.05. The van der Waals surface area contributed by atoms with E-state index in [9.17, 15) is 4.79 Å². The lowest BCUT2D eigenvalue weighted by atomic mass is 10.1. The van der Waals surface area contributed by atoms with Gasteiger partial charge in [0.25, 0.3) is 0 Å². The summed E-state index contributed by atoms with van der Waals surface area (Å²) < 4.78 is 9.82. The van der Waals surface area contributed by atoms with Gasteiger partial charge in [0.1, 0.15) is 12.4 Å². The molecule has 5 heteroatoms. The van der Waals surface area contributed by atoms with E-state index in [1.54, 1.807) is 13.2 Å². The fourth-order valence-electron chi connectivity index (χ4n) is 2.37. The predicted octanol–water partition coefficient (Wildman–Crippen LogP) is 3.08. The Balaban J connectivity index is 1.78. The van der Waals surface area contributed by atoms with Crippen LogP contribution in [-0.2, 0) is 9.53 Å². The van der Waals surface area contributed by atoms with E-state index in [2.05, 4.69) is 14.8 Å². The number of esters is 1. The Morgan fingerprint density at radius 3 is 2.48 bits per heavy atom. The van der Waals surface area contributed by atoms with Crippen LogP contribution in [0, 0.1) is 0 Å². The third kappa shape index (κ3) is 3.29. The van der Waals surface area contributed by atoms with Crippen LogP contribution < -0.4 is 14.8 Å². The number of nitrogens with zero attached hydrogens (tertiary/aromatic N) is 2. The summed E-state index contributed by atoms with van der Waals surface area (Å²) in [5.74, 6) is 0.473. The Kier molecular flexibility index (Phi) is 4.19. The molecule has 0 saturated carbocycles. The number of rotatable bonds is 5. The zero-order valence-corrected chi connectivity index (χ0v) is 13.1. The van der Waals surface area contributed by atoms with Crippen molar-refractivity contribution in [3.8, 4) is 5.75 Å². The lowest BCUT2D eigenvalue weighted by Gasteiger charge is -2.11. The van der Waals surface area contributed by atoms with Gasteiger partial charge in [-0.1, -0.05) is 18.2 Å². The van der Waals surface area contributed by atoms with Crippen LogP contribution in [0.15, 0.2) is 54.6 Å². The number of methoxy groups -OCH3 is 2. The first-order valence-electron chi connectivity index (χ1n) is 7.27. The van der Waals surface area contributed by atoms with Crippen molar-refractivity contribution in [2.24, 2.45) is 0 Å². The second kappa shape index (κ2) is 6.44. The number of benzene rings is 2. The monoisotopic (exact) mass is 310 g/mol. The Morgan fingerprint density at radius 1 is 1.04 bits per heavy atom. The molecule has 0 amide bonds. The van der Waals surface area contributed by atoms with E-state index >= 15 is 0 Å². The van der Waals surface area contributed by atoms with Gasteiger partial charge in [0.05, 0.1) is 25.6 Å². The zero-order valence-electron chi connectivity index (χ0n) is 13.1. The Hall–Kier alpha value is -2.95. The van der Waals surface area contributed by atoms with E-state index in [1.807, 2.05) is 48.5 Å². The molecule has 0 atom stereocenters. The third-order valence-electron chi connectivity index (χ3n) is 3.66. The average Bonchev–Trinajstić information content (AvgIpc) is 3.40. The summed E-state index contributed by atoms with van der Waals surface area (Å²) in [5.41, 5.74) is 3.11. The van der Waals surface area contributed by atoms with Crippen molar-refractivity contribution < 1.29 is 14.3 Å². The van der Waals surface area contributed by atoms with Gasteiger partial charge in [0, 0.05) is 6.08 Å². The van der Waals surface area contributed by atoms with Crippen LogP contribution in [0.5, 0.6) is 5.75 Å². The standard InChI is InChI=1S/C18H18N2O3/c1-22-16-10-8-15(9-11-16)19-13-20(19)17-6-4-3-5-14(17)7-12-18(21)23-2/h3-12H,13H2,1-2H3/b12-7+. The maximum atomic E-state index is 11.3. The SMILES string of the molecule is COC(=O)/C=C/c1ccccc1N1CN1c1ccc(OC)cc1. The minimum absolute atomic E-state index is 0.363. The number of hydrogen-bond donors (Lipinski definition) is 0. The molecule has 0 radical (unpaired) electrons. The molecule has 0 N–H and O–H groups in total. The first-order chi connectivity index (χ1) is 11.2. The van der Waals surface area contributed by atoms with Crippen molar-refractivity contribution in [3.05, 3.63) is 60.2 Å². The van der Waals surface area contributed by atoms with Crippen LogP contribution in [0.1, 0.15) is 5.56 Å². The topological polar surface area (TPSA) is 41.5 Å². The summed E-state index contributed by atoms with van der Waals surface area (Å²) in [5, 5.41) is 4.28. The molecule has 0 aliphatic carbocycles. The zero-order chi connectivity index (χ0) is 16.2. The van der Waals surface area contributed by atoms with E-state index in [1.165, 1.54) is 13.2 Å². The molecule has 1 heterocycles. The van der Waals surface area contributed by atoms with Gasteiger partial charge < -0.3 is 9.47 Å². The average molecular weight is 310 g/mol. The first-order valence-corrected chi connectivity index (χ1v) is 7.27. The van der Waals surface area contributed by atoms with E-state index in [4.69, 9.17) is 4.74 Å². The maximum absolute atomic E-state index is 11.3. The quantitative estimate of drug-likeness (QED) is 0.482. The summed E-state index contributed by atoms with van der Waals surface area (Å²) in [7, 11) is 3.02. The molecule has 3 rings (SSSR count). The molecular weight excluding hydrogens is 292 g/mol. The Bertz CT molecular complexity index is 725. The highest BCUT2D eigenvalue weighted by atomic mass is 16.5. The maximum Gasteiger partial charge on any atom is 0.330 e. The van der Waals surface area contributed by atoms with E-state index < -0.39 is 0 Å². The number of carbonyl (C=O) groups excluding carboxylic acids is 1. The van der Waals surface area contributed by atoms with E-state index in [0.29, 0.717) is 0 Å². The molecule has 1 fully saturated rings. The molecule has 1 aliphatic heterocycles. The highest BCUT2D eigenvalue weighted by molar-refractivity contribution is 5.89. The van der Waals surface area contributed by atoms with Crippen molar-refractivity contribution >= 4 is 23.4 Å². The summed E-state index contributed by atoms with van der Waals surface area (Å²) in [4.78, 5) is 11.3. The van der Waals surface area contributed by atoms with Crippen LogP contribution in [0.3, 0.4) is 0 Å². The largest absolute Gasteiger partial charge is 0.497 e. The van der Waals surface area contributed by atoms with Gasteiger partial charge in [-0.25, -0.2) is 4.79 Å². The number of para-hydroxylation sites is 1. The number of anilines is 2. The van der Waals surface area contributed by atoms with Crippen molar-refractivity contribution in [3.63, 3.8) is 0 Å². The fraction of sp³-hybridized carbons (Fsp3) is 0.167. The van der Waals surface area contributed by atoms with Crippen LogP contribution in [0.25, 0.3) is 6.08 Å².